The number of pyridine rings is 1. The van der Waals surface area contributed by atoms with Gasteiger partial charge in [0, 0.05) is 56.6 Å². The fourth-order valence-electron chi connectivity index (χ4n) is 5.24. The lowest BCUT2D eigenvalue weighted by molar-refractivity contribution is -0.396. The lowest BCUT2D eigenvalue weighted by Crippen LogP contribution is -2.35. The van der Waals surface area contributed by atoms with Crippen LogP contribution in [0.25, 0.3) is 22.4 Å². The van der Waals surface area contributed by atoms with Crippen LogP contribution in [0.1, 0.15) is 23.4 Å². The number of benzene rings is 2. The maximum Gasteiger partial charge on any atom is 0.296 e. The Morgan fingerprint density at radius 2 is 1.76 bits per heavy atom. The average molecular weight is 631 g/mol. The van der Waals surface area contributed by atoms with Gasteiger partial charge in [-0.1, -0.05) is 35.0 Å². The molecule has 0 amide bonds. The summed E-state index contributed by atoms with van der Waals surface area (Å²) in [5.41, 5.74) is 2.15. The normalized spacial score (nSPS) is 14.4. The number of nitro groups is 2. The third-order valence-electron chi connectivity index (χ3n) is 7.50. The van der Waals surface area contributed by atoms with Crippen LogP contribution in [0, 0.1) is 27.2 Å². The molecular formula is C29H26N8O7S. The molecule has 3 aromatic heterocycles. The highest BCUT2D eigenvalue weighted by atomic mass is 32.2. The lowest BCUT2D eigenvalue weighted by atomic mass is 10.1. The van der Waals surface area contributed by atoms with Gasteiger partial charge in [-0.3, -0.25) is 25.2 Å². The number of nitro benzene ring substituents is 2. The van der Waals surface area contributed by atoms with Crippen LogP contribution in [-0.4, -0.2) is 68.9 Å². The standard InChI is InChI=1S/C29H26N8O7S/c1-19-5-7-20(8-6-19)16-25-31-28(26-27(33-44-29(26)32-25)21-4-2-11-30-18-21)34-12-3-13-35(15-14-34)45(42,43)24-10-9-22(36(38)39)17-23(24)37(40)41/h2,4-11,17-18H,3,12-16H2,1H3. The Hall–Kier alpha value is -5.35. The van der Waals surface area contributed by atoms with Gasteiger partial charge in [-0.2, -0.15) is 9.29 Å². The van der Waals surface area contributed by atoms with Crippen LogP contribution in [0.15, 0.2) is 76.4 Å². The number of aryl methyl sites for hydroxylation is 1. The Labute approximate surface area is 256 Å². The Kier molecular flexibility index (Phi) is 7.90. The molecule has 0 aliphatic carbocycles. The molecule has 0 atom stereocenters. The Balaban J connectivity index is 1.36. The molecule has 16 heteroatoms. The zero-order chi connectivity index (χ0) is 31.7. The summed E-state index contributed by atoms with van der Waals surface area (Å²) in [6.07, 6.45) is 4.08. The molecule has 1 fully saturated rings. The van der Waals surface area contributed by atoms with E-state index >= 15 is 0 Å². The molecule has 0 unspecified atom stereocenters. The van der Waals surface area contributed by atoms with Gasteiger partial charge in [0.2, 0.25) is 10.0 Å². The third kappa shape index (κ3) is 5.92. The van der Waals surface area contributed by atoms with E-state index in [-0.39, 0.29) is 25.3 Å². The van der Waals surface area contributed by atoms with Gasteiger partial charge in [0.25, 0.3) is 17.1 Å². The summed E-state index contributed by atoms with van der Waals surface area (Å²) in [5.74, 6) is 1.01. The number of sulfonamides is 1. The fraction of sp³-hybridized carbons (Fsp3) is 0.241. The molecule has 45 heavy (non-hydrogen) atoms. The number of non-ortho nitro benzene ring substituents is 1. The van der Waals surface area contributed by atoms with Gasteiger partial charge >= 0.3 is 0 Å². The summed E-state index contributed by atoms with van der Waals surface area (Å²) in [7, 11) is -4.37. The fourth-order valence-corrected chi connectivity index (χ4v) is 6.85. The predicted molar refractivity (Wildman–Crippen MR) is 162 cm³/mol. The summed E-state index contributed by atoms with van der Waals surface area (Å²) < 4.78 is 34.2. The zero-order valence-corrected chi connectivity index (χ0v) is 24.8. The molecule has 0 radical (unpaired) electrons. The van der Waals surface area contributed by atoms with Crippen molar-refractivity contribution < 1.29 is 22.8 Å². The average Bonchev–Trinajstić information content (AvgIpc) is 3.29. The second-order valence-corrected chi connectivity index (χ2v) is 12.4. The van der Waals surface area contributed by atoms with Gasteiger partial charge in [0.05, 0.1) is 15.9 Å². The molecule has 5 aromatic rings. The summed E-state index contributed by atoms with van der Waals surface area (Å²) in [6.45, 7) is 2.64. The smallest absolute Gasteiger partial charge is 0.296 e. The molecule has 0 bridgehead atoms. The van der Waals surface area contributed by atoms with Crippen molar-refractivity contribution in [2.45, 2.75) is 24.7 Å². The van der Waals surface area contributed by atoms with E-state index in [0.29, 0.717) is 53.7 Å². The molecule has 0 saturated carbocycles. The van der Waals surface area contributed by atoms with E-state index in [9.17, 15) is 28.6 Å². The Morgan fingerprint density at radius 1 is 0.956 bits per heavy atom. The highest BCUT2D eigenvalue weighted by Crippen LogP contribution is 2.35. The first-order valence-electron chi connectivity index (χ1n) is 13.9. The van der Waals surface area contributed by atoms with Crippen molar-refractivity contribution in [3.8, 4) is 11.3 Å². The van der Waals surface area contributed by atoms with E-state index in [1.807, 2.05) is 42.2 Å². The minimum atomic E-state index is -4.37. The van der Waals surface area contributed by atoms with E-state index in [1.165, 1.54) is 0 Å². The molecule has 2 aromatic carbocycles. The predicted octanol–water partition coefficient (Wildman–Crippen LogP) is 4.30. The summed E-state index contributed by atoms with van der Waals surface area (Å²) >= 11 is 0. The first kappa shape index (κ1) is 29.7. The number of aromatic nitrogens is 4. The number of hydrogen-bond donors (Lipinski definition) is 0. The highest BCUT2D eigenvalue weighted by molar-refractivity contribution is 7.89. The molecule has 1 saturated heterocycles. The third-order valence-corrected chi connectivity index (χ3v) is 9.45. The lowest BCUT2D eigenvalue weighted by Gasteiger charge is -2.23. The zero-order valence-electron chi connectivity index (χ0n) is 23.9. The van der Waals surface area contributed by atoms with E-state index in [2.05, 4.69) is 15.1 Å². The number of fused-ring (bicyclic) bond motifs is 1. The first-order chi connectivity index (χ1) is 21.6. The van der Waals surface area contributed by atoms with E-state index < -0.39 is 36.1 Å². The van der Waals surface area contributed by atoms with Crippen LogP contribution in [0.5, 0.6) is 0 Å². The van der Waals surface area contributed by atoms with E-state index in [0.717, 1.165) is 27.6 Å². The monoisotopic (exact) mass is 630 g/mol. The minimum absolute atomic E-state index is 0.0250. The molecule has 1 aliphatic heterocycles. The van der Waals surface area contributed by atoms with Crippen LogP contribution < -0.4 is 4.90 Å². The minimum Gasteiger partial charge on any atom is -0.354 e. The first-order valence-corrected chi connectivity index (χ1v) is 15.4. The molecule has 4 heterocycles. The van der Waals surface area contributed by atoms with Gasteiger partial charge in [-0.25, -0.2) is 13.4 Å². The molecule has 15 nitrogen and oxygen atoms in total. The van der Waals surface area contributed by atoms with Crippen molar-refractivity contribution in [3.63, 3.8) is 0 Å². The largest absolute Gasteiger partial charge is 0.354 e. The maximum absolute atomic E-state index is 13.7. The second kappa shape index (κ2) is 12.0. The Morgan fingerprint density at radius 3 is 2.47 bits per heavy atom. The van der Waals surface area contributed by atoms with Crippen LogP contribution in [0.4, 0.5) is 17.2 Å². The van der Waals surface area contributed by atoms with E-state index in [1.54, 1.807) is 18.5 Å². The summed E-state index contributed by atoms with van der Waals surface area (Å²) in [4.78, 5) is 36.2. The number of anilines is 1. The topological polar surface area (TPSA) is 192 Å². The van der Waals surface area contributed by atoms with Crippen molar-refractivity contribution in [1.82, 2.24) is 24.4 Å². The number of nitrogens with zero attached hydrogens (tertiary/aromatic N) is 8. The van der Waals surface area contributed by atoms with Crippen molar-refractivity contribution >= 4 is 38.3 Å². The molecule has 1 aliphatic rings. The molecule has 230 valence electrons. The van der Waals surface area contributed by atoms with Crippen LogP contribution >= 0.6 is 0 Å². The van der Waals surface area contributed by atoms with Crippen molar-refractivity contribution in [3.05, 3.63) is 104 Å². The Bertz CT molecular complexity index is 2020. The number of rotatable bonds is 8. The maximum atomic E-state index is 13.7. The number of hydrogen-bond acceptors (Lipinski definition) is 12. The summed E-state index contributed by atoms with van der Waals surface area (Å²) in [5, 5.41) is 27.7. The molecule has 6 rings (SSSR count). The molecule has 0 spiro atoms. The molecule has 0 N–H and O–H groups in total. The highest BCUT2D eigenvalue weighted by Gasteiger charge is 2.35. The van der Waals surface area contributed by atoms with Crippen LogP contribution in [0.2, 0.25) is 0 Å². The van der Waals surface area contributed by atoms with Crippen molar-refractivity contribution in [2.75, 3.05) is 31.1 Å². The summed E-state index contributed by atoms with van der Waals surface area (Å²) in [6, 6.07) is 14.1. The van der Waals surface area contributed by atoms with E-state index in [4.69, 9.17) is 9.51 Å². The van der Waals surface area contributed by atoms with Gasteiger partial charge in [0.1, 0.15) is 22.7 Å². The van der Waals surface area contributed by atoms with Gasteiger partial charge in [-0.15, -0.1) is 0 Å². The SMILES string of the molecule is Cc1ccc(Cc2nc(N3CCCN(S(=O)(=O)c4ccc([N+](=O)[O-])cc4[N+](=O)[O-])CC3)c3c(-c4cccnc4)noc3n2)cc1. The van der Waals surface area contributed by atoms with Crippen LogP contribution in [0.3, 0.4) is 0 Å². The molecular weight excluding hydrogens is 604 g/mol. The van der Waals surface area contributed by atoms with Gasteiger partial charge in [-0.05, 0) is 37.1 Å². The van der Waals surface area contributed by atoms with Crippen LogP contribution in [-0.2, 0) is 16.4 Å². The van der Waals surface area contributed by atoms with Gasteiger partial charge in [0.15, 0.2) is 4.90 Å². The van der Waals surface area contributed by atoms with Crippen molar-refractivity contribution in [2.24, 2.45) is 0 Å². The second-order valence-electron chi connectivity index (χ2n) is 10.5. The quantitative estimate of drug-likeness (QED) is 0.175. The van der Waals surface area contributed by atoms with Crippen molar-refractivity contribution in [1.29, 1.82) is 0 Å². The van der Waals surface area contributed by atoms with Gasteiger partial charge < -0.3 is 9.42 Å².